The van der Waals surface area contributed by atoms with E-state index in [1.165, 1.54) is 45.2 Å². The second-order valence-corrected chi connectivity index (χ2v) is 4.60. The SMILES string of the molecule is CCCCCN1CCCC(C)C1C. The Morgan fingerprint density at radius 1 is 1.23 bits per heavy atom. The van der Waals surface area contributed by atoms with Gasteiger partial charge in [-0.05, 0) is 45.2 Å². The molecule has 1 heteroatoms. The third-order valence-electron chi connectivity index (χ3n) is 3.55. The molecule has 0 radical (unpaired) electrons. The first kappa shape index (κ1) is 11.0. The van der Waals surface area contributed by atoms with Crippen LogP contribution in [0, 0.1) is 5.92 Å². The monoisotopic (exact) mass is 183 g/mol. The van der Waals surface area contributed by atoms with Gasteiger partial charge in [-0.1, -0.05) is 26.7 Å². The van der Waals surface area contributed by atoms with Gasteiger partial charge < -0.3 is 4.90 Å². The highest BCUT2D eigenvalue weighted by atomic mass is 15.2. The fraction of sp³-hybridized carbons (Fsp3) is 1.00. The highest BCUT2D eigenvalue weighted by molar-refractivity contribution is 4.78. The van der Waals surface area contributed by atoms with Crippen molar-refractivity contribution in [1.82, 2.24) is 4.90 Å². The molecular formula is C12H25N. The van der Waals surface area contributed by atoms with Crippen LogP contribution in [-0.4, -0.2) is 24.0 Å². The second-order valence-electron chi connectivity index (χ2n) is 4.60. The fourth-order valence-corrected chi connectivity index (χ4v) is 2.30. The lowest BCUT2D eigenvalue weighted by atomic mass is 9.92. The van der Waals surface area contributed by atoms with Crippen molar-refractivity contribution in [3.63, 3.8) is 0 Å². The van der Waals surface area contributed by atoms with Gasteiger partial charge in [-0.2, -0.15) is 0 Å². The molecule has 0 saturated carbocycles. The molecular weight excluding hydrogens is 158 g/mol. The number of hydrogen-bond donors (Lipinski definition) is 0. The van der Waals surface area contributed by atoms with Crippen LogP contribution in [0.1, 0.15) is 52.9 Å². The summed E-state index contributed by atoms with van der Waals surface area (Å²) >= 11 is 0. The molecule has 0 bridgehead atoms. The third-order valence-corrected chi connectivity index (χ3v) is 3.55. The highest BCUT2D eigenvalue weighted by Crippen LogP contribution is 2.22. The molecule has 0 aliphatic carbocycles. The molecule has 1 aliphatic rings. The van der Waals surface area contributed by atoms with Gasteiger partial charge in [0, 0.05) is 6.04 Å². The van der Waals surface area contributed by atoms with Crippen molar-refractivity contribution in [3.8, 4) is 0 Å². The van der Waals surface area contributed by atoms with Gasteiger partial charge in [-0.3, -0.25) is 0 Å². The maximum absolute atomic E-state index is 2.68. The molecule has 1 saturated heterocycles. The quantitative estimate of drug-likeness (QED) is 0.604. The van der Waals surface area contributed by atoms with Crippen LogP contribution in [0.4, 0.5) is 0 Å². The zero-order valence-corrected chi connectivity index (χ0v) is 9.55. The van der Waals surface area contributed by atoms with E-state index in [1.807, 2.05) is 0 Å². The Kier molecular flexibility index (Phi) is 4.79. The molecule has 0 aromatic rings. The average Bonchev–Trinajstić information content (AvgIpc) is 2.13. The van der Waals surface area contributed by atoms with E-state index in [0.717, 1.165) is 12.0 Å². The van der Waals surface area contributed by atoms with E-state index >= 15 is 0 Å². The minimum atomic E-state index is 0.825. The molecule has 78 valence electrons. The van der Waals surface area contributed by atoms with Gasteiger partial charge in [0.05, 0.1) is 0 Å². The molecule has 0 aromatic carbocycles. The van der Waals surface area contributed by atoms with Gasteiger partial charge in [0.25, 0.3) is 0 Å². The van der Waals surface area contributed by atoms with Gasteiger partial charge in [-0.15, -0.1) is 0 Å². The molecule has 0 amide bonds. The van der Waals surface area contributed by atoms with Gasteiger partial charge >= 0.3 is 0 Å². The first-order chi connectivity index (χ1) is 6.25. The van der Waals surface area contributed by atoms with Crippen LogP contribution in [0.2, 0.25) is 0 Å². The number of piperidine rings is 1. The van der Waals surface area contributed by atoms with Crippen molar-refractivity contribution in [2.75, 3.05) is 13.1 Å². The molecule has 1 aliphatic heterocycles. The van der Waals surface area contributed by atoms with Crippen molar-refractivity contribution in [2.45, 2.75) is 58.9 Å². The third kappa shape index (κ3) is 3.30. The summed E-state index contributed by atoms with van der Waals surface area (Å²) in [6, 6.07) is 0.825. The number of hydrogen-bond acceptors (Lipinski definition) is 1. The molecule has 1 rings (SSSR count). The molecule has 0 N–H and O–H groups in total. The average molecular weight is 183 g/mol. The van der Waals surface area contributed by atoms with Crippen LogP contribution in [0.5, 0.6) is 0 Å². The summed E-state index contributed by atoms with van der Waals surface area (Å²) in [4.78, 5) is 2.68. The molecule has 13 heavy (non-hydrogen) atoms. The standard InChI is InChI=1S/C12H25N/c1-4-5-6-9-13-10-7-8-11(2)12(13)3/h11-12H,4-10H2,1-3H3. The van der Waals surface area contributed by atoms with E-state index < -0.39 is 0 Å². The summed E-state index contributed by atoms with van der Waals surface area (Å²) in [6.45, 7) is 9.75. The van der Waals surface area contributed by atoms with Gasteiger partial charge in [0.1, 0.15) is 0 Å². The van der Waals surface area contributed by atoms with Crippen molar-refractivity contribution in [2.24, 2.45) is 5.92 Å². The van der Waals surface area contributed by atoms with E-state index in [4.69, 9.17) is 0 Å². The van der Waals surface area contributed by atoms with E-state index in [9.17, 15) is 0 Å². The molecule has 0 aromatic heterocycles. The largest absolute Gasteiger partial charge is 0.300 e. The highest BCUT2D eigenvalue weighted by Gasteiger charge is 2.23. The Balaban J connectivity index is 2.23. The van der Waals surface area contributed by atoms with Crippen LogP contribution in [0.25, 0.3) is 0 Å². The predicted octanol–water partition coefficient (Wildman–Crippen LogP) is 3.30. The van der Waals surface area contributed by atoms with Gasteiger partial charge in [0.15, 0.2) is 0 Å². The van der Waals surface area contributed by atoms with Crippen LogP contribution in [-0.2, 0) is 0 Å². The maximum Gasteiger partial charge on any atom is 0.00925 e. The lowest BCUT2D eigenvalue weighted by molar-refractivity contribution is 0.112. The predicted molar refractivity (Wildman–Crippen MR) is 59.0 cm³/mol. The maximum atomic E-state index is 2.68. The minimum Gasteiger partial charge on any atom is -0.300 e. The van der Waals surface area contributed by atoms with Crippen molar-refractivity contribution >= 4 is 0 Å². The summed E-state index contributed by atoms with van der Waals surface area (Å²) in [6.07, 6.45) is 6.99. The normalized spacial score (nSPS) is 30.7. The topological polar surface area (TPSA) is 3.24 Å². The van der Waals surface area contributed by atoms with Crippen molar-refractivity contribution < 1.29 is 0 Å². The Hall–Kier alpha value is -0.0400. The number of unbranched alkanes of at least 4 members (excludes halogenated alkanes) is 2. The lowest BCUT2D eigenvalue weighted by Crippen LogP contribution is -2.42. The Morgan fingerprint density at radius 2 is 2.00 bits per heavy atom. The number of nitrogens with zero attached hydrogens (tertiary/aromatic N) is 1. The first-order valence-electron chi connectivity index (χ1n) is 5.99. The summed E-state index contributed by atoms with van der Waals surface area (Å²) in [5, 5.41) is 0. The van der Waals surface area contributed by atoms with Crippen LogP contribution < -0.4 is 0 Å². The molecule has 0 spiro atoms. The Bertz CT molecular complexity index is 133. The molecule has 1 fully saturated rings. The van der Waals surface area contributed by atoms with Crippen molar-refractivity contribution in [1.29, 1.82) is 0 Å². The molecule has 2 atom stereocenters. The summed E-state index contributed by atoms with van der Waals surface area (Å²) in [5.74, 6) is 0.912. The van der Waals surface area contributed by atoms with Crippen LogP contribution in [0.3, 0.4) is 0 Å². The van der Waals surface area contributed by atoms with Crippen LogP contribution >= 0.6 is 0 Å². The minimum absolute atomic E-state index is 0.825. The molecule has 2 unspecified atom stereocenters. The number of rotatable bonds is 4. The van der Waals surface area contributed by atoms with Gasteiger partial charge in [-0.25, -0.2) is 0 Å². The molecule has 1 nitrogen and oxygen atoms in total. The lowest BCUT2D eigenvalue weighted by Gasteiger charge is -2.37. The Morgan fingerprint density at radius 3 is 2.69 bits per heavy atom. The van der Waals surface area contributed by atoms with E-state index in [1.54, 1.807) is 0 Å². The summed E-state index contributed by atoms with van der Waals surface area (Å²) in [7, 11) is 0. The summed E-state index contributed by atoms with van der Waals surface area (Å²) < 4.78 is 0. The van der Waals surface area contributed by atoms with E-state index in [2.05, 4.69) is 25.7 Å². The Labute approximate surface area is 83.5 Å². The van der Waals surface area contributed by atoms with Gasteiger partial charge in [0.2, 0.25) is 0 Å². The second kappa shape index (κ2) is 5.64. The fourth-order valence-electron chi connectivity index (χ4n) is 2.30. The zero-order chi connectivity index (χ0) is 9.68. The van der Waals surface area contributed by atoms with Crippen LogP contribution in [0.15, 0.2) is 0 Å². The van der Waals surface area contributed by atoms with E-state index in [-0.39, 0.29) is 0 Å². The smallest absolute Gasteiger partial charge is 0.00925 e. The number of likely N-dealkylation sites (tertiary alicyclic amines) is 1. The first-order valence-corrected chi connectivity index (χ1v) is 5.99. The molecule has 1 heterocycles. The van der Waals surface area contributed by atoms with Crippen molar-refractivity contribution in [3.05, 3.63) is 0 Å². The summed E-state index contributed by atoms with van der Waals surface area (Å²) in [5.41, 5.74) is 0. The zero-order valence-electron chi connectivity index (χ0n) is 9.55. The van der Waals surface area contributed by atoms with E-state index in [0.29, 0.717) is 0 Å².